The van der Waals surface area contributed by atoms with E-state index >= 15 is 0 Å². The maximum Gasteiger partial charge on any atom is 0.261 e. The van der Waals surface area contributed by atoms with Gasteiger partial charge >= 0.3 is 0 Å². The lowest BCUT2D eigenvalue weighted by Gasteiger charge is -2.05. The molecule has 1 aromatic heterocycles. The summed E-state index contributed by atoms with van der Waals surface area (Å²) in [6.45, 7) is 0. The number of benzene rings is 1. The molecule has 0 spiro atoms. The van der Waals surface area contributed by atoms with Gasteiger partial charge in [-0.25, -0.2) is 0 Å². The summed E-state index contributed by atoms with van der Waals surface area (Å²) in [6, 6.07) is 9.56. The molecular formula is C14H15N5O2. The number of primary amides is 1. The van der Waals surface area contributed by atoms with Gasteiger partial charge in [-0.2, -0.15) is 5.10 Å². The molecule has 2 aromatic rings. The molecule has 7 heteroatoms. The van der Waals surface area contributed by atoms with Crippen LogP contribution in [0.4, 0.5) is 11.5 Å². The first-order chi connectivity index (χ1) is 10.1. The fourth-order valence-electron chi connectivity index (χ4n) is 2.08. The Hall–Kier alpha value is -2.83. The van der Waals surface area contributed by atoms with Gasteiger partial charge in [-0.3, -0.25) is 9.48 Å². The molecule has 1 atom stereocenters. The minimum atomic E-state index is -0.661. The second kappa shape index (κ2) is 5.28. The van der Waals surface area contributed by atoms with Crippen LogP contribution < -0.4 is 11.1 Å². The lowest BCUT2D eigenvalue weighted by atomic mass is 10.0. The molecule has 3 N–H and O–H groups in total. The van der Waals surface area contributed by atoms with Gasteiger partial charge in [0, 0.05) is 31.4 Å². The topological polar surface area (TPSA) is 94.5 Å². The molecule has 0 fully saturated rings. The molecule has 3 rings (SSSR count). The van der Waals surface area contributed by atoms with Crippen molar-refractivity contribution in [2.45, 2.75) is 12.5 Å². The highest BCUT2D eigenvalue weighted by Crippen LogP contribution is 2.20. The van der Waals surface area contributed by atoms with E-state index in [9.17, 15) is 4.79 Å². The Bertz CT molecular complexity index is 690. The minimum absolute atomic E-state index is 0.405. The summed E-state index contributed by atoms with van der Waals surface area (Å²) < 4.78 is 1.73. The average molecular weight is 285 g/mol. The lowest BCUT2D eigenvalue weighted by Crippen LogP contribution is -2.28. The van der Waals surface area contributed by atoms with Crippen molar-refractivity contribution >= 4 is 23.1 Å². The summed E-state index contributed by atoms with van der Waals surface area (Å²) in [4.78, 5) is 16.0. The standard InChI is InChI=1S/C14H15N5O2/c1-19-7-6-13(17-19)16-10-4-2-9(3-5-10)11-8-12(14(15)20)21-18-11/h2-7,12H,8H2,1H3,(H2,15,20)(H,16,17). The van der Waals surface area contributed by atoms with Crippen LogP contribution in [0.1, 0.15) is 12.0 Å². The normalized spacial score (nSPS) is 17.2. The van der Waals surface area contributed by atoms with Gasteiger partial charge < -0.3 is 15.9 Å². The number of carbonyl (C=O) groups excluding carboxylic acids is 1. The van der Waals surface area contributed by atoms with E-state index in [1.54, 1.807) is 4.68 Å². The fraction of sp³-hybridized carbons (Fsp3) is 0.214. The van der Waals surface area contributed by atoms with Crippen LogP contribution in [0.15, 0.2) is 41.7 Å². The highest BCUT2D eigenvalue weighted by Gasteiger charge is 2.26. The van der Waals surface area contributed by atoms with Crippen molar-refractivity contribution < 1.29 is 9.63 Å². The number of carbonyl (C=O) groups is 1. The van der Waals surface area contributed by atoms with Crippen LogP contribution in [0.5, 0.6) is 0 Å². The minimum Gasteiger partial charge on any atom is -0.382 e. The number of anilines is 2. The van der Waals surface area contributed by atoms with Crippen LogP contribution in [0.3, 0.4) is 0 Å². The van der Waals surface area contributed by atoms with E-state index in [0.717, 1.165) is 22.8 Å². The van der Waals surface area contributed by atoms with Gasteiger partial charge in [0.15, 0.2) is 5.82 Å². The molecule has 21 heavy (non-hydrogen) atoms. The molecule has 0 radical (unpaired) electrons. The van der Waals surface area contributed by atoms with Gasteiger partial charge in [-0.05, 0) is 17.7 Å². The Morgan fingerprint density at radius 3 is 2.71 bits per heavy atom. The van der Waals surface area contributed by atoms with E-state index in [4.69, 9.17) is 10.6 Å². The molecule has 0 saturated heterocycles. The first kappa shape index (κ1) is 13.2. The largest absolute Gasteiger partial charge is 0.382 e. The molecule has 7 nitrogen and oxygen atoms in total. The molecule has 108 valence electrons. The molecule has 0 saturated carbocycles. The first-order valence-corrected chi connectivity index (χ1v) is 6.51. The zero-order chi connectivity index (χ0) is 14.8. The van der Waals surface area contributed by atoms with Crippen LogP contribution in [-0.2, 0) is 16.7 Å². The van der Waals surface area contributed by atoms with E-state index in [1.165, 1.54) is 0 Å². The number of amides is 1. The third-order valence-electron chi connectivity index (χ3n) is 3.19. The van der Waals surface area contributed by atoms with Crippen LogP contribution in [0, 0.1) is 0 Å². The highest BCUT2D eigenvalue weighted by molar-refractivity contribution is 6.04. The van der Waals surface area contributed by atoms with E-state index in [1.807, 2.05) is 43.6 Å². The van der Waals surface area contributed by atoms with Crippen molar-refractivity contribution in [2.24, 2.45) is 17.9 Å². The maximum atomic E-state index is 11.0. The van der Waals surface area contributed by atoms with Crippen LogP contribution in [0.2, 0.25) is 0 Å². The van der Waals surface area contributed by atoms with E-state index < -0.39 is 12.0 Å². The molecule has 2 heterocycles. The second-order valence-electron chi connectivity index (χ2n) is 4.82. The molecular weight excluding hydrogens is 270 g/mol. The van der Waals surface area contributed by atoms with Gasteiger partial charge in [-0.15, -0.1) is 0 Å². The van der Waals surface area contributed by atoms with Gasteiger partial charge in [0.25, 0.3) is 5.91 Å². The van der Waals surface area contributed by atoms with Gasteiger partial charge in [-0.1, -0.05) is 17.3 Å². The third kappa shape index (κ3) is 2.86. The van der Waals surface area contributed by atoms with Gasteiger partial charge in [0.1, 0.15) is 0 Å². The van der Waals surface area contributed by atoms with E-state index in [2.05, 4.69) is 15.6 Å². The monoisotopic (exact) mass is 285 g/mol. The van der Waals surface area contributed by atoms with Crippen molar-refractivity contribution in [1.29, 1.82) is 0 Å². The van der Waals surface area contributed by atoms with E-state index in [-0.39, 0.29) is 0 Å². The average Bonchev–Trinajstić information content (AvgIpc) is 3.09. The Kier molecular flexibility index (Phi) is 3.31. The van der Waals surface area contributed by atoms with Crippen molar-refractivity contribution in [1.82, 2.24) is 9.78 Å². The van der Waals surface area contributed by atoms with Crippen molar-refractivity contribution in [3.63, 3.8) is 0 Å². The molecule has 0 aliphatic carbocycles. The number of nitrogens with one attached hydrogen (secondary N) is 1. The number of hydrogen-bond donors (Lipinski definition) is 2. The van der Waals surface area contributed by atoms with Crippen LogP contribution >= 0.6 is 0 Å². The first-order valence-electron chi connectivity index (χ1n) is 6.51. The number of hydrogen-bond acceptors (Lipinski definition) is 5. The van der Waals surface area contributed by atoms with Gasteiger partial charge in [0.2, 0.25) is 6.10 Å². The zero-order valence-corrected chi connectivity index (χ0v) is 11.5. The number of aryl methyl sites for hydroxylation is 1. The second-order valence-corrected chi connectivity index (χ2v) is 4.82. The molecule has 1 unspecified atom stereocenters. The molecule has 0 bridgehead atoms. The quantitative estimate of drug-likeness (QED) is 0.880. The highest BCUT2D eigenvalue weighted by atomic mass is 16.6. The predicted octanol–water partition coefficient (Wildman–Crippen LogP) is 1.14. The predicted molar refractivity (Wildman–Crippen MR) is 78.2 cm³/mol. The Morgan fingerprint density at radius 2 is 2.14 bits per heavy atom. The smallest absolute Gasteiger partial charge is 0.261 e. The SMILES string of the molecule is Cn1ccc(Nc2ccc(C3=NOC(C(N)=O)C3)cc2)n1. The van der Waals surface area contributed by atoms with Gasteiger partial charge in [0.05, 0.1) is 5.71 Å². The Labute approximate surface area is 121 Å². The number of nitrogens with two attached hydrogens (primary N) is 1. The molecule has 1 aromatic carbocycles. The maximum absolute atomic E-state index is 11.0. The fourth-order valence-corrected chi connectivity index (χ4v) is 2.08. The molecule has 1 aliphatic heterocycles. The van der Waals surface area contributed by atoms with Crippen molar-refractivity contribution in [3.05, 3.63) is 42.1 Å². The summed E-state index contributed by atoms with van der Waals surface area (Å²) in [7, 11) is 1.86. The van der Waals surface area contributed by atoms with Crippen molar-refractivity contribution in [2.75, 3.05) is 5.32 Å². The molecule has 1 aliphatic rings. The van der Waals surface area contributed by atoms with E-state index in [0.29, 0.717) is 6.42 Å². The number of oxime groups is 1. The summed E-state index contributed by atoms with van der Waals surface area (Å²) in [5, 5.41) is 11.3. The number of rotatable bonds is 4. The van der Waals surface area contributed by atoms with Crippen molar-refractivity contribution in [3.8, 4) is 0 Å². The summed E-state index contributed by atoms with van der Waals surface area (Å²) in [5.74, 6) is 0.280. The summed E-state index contributed by atoms with van der Waals surface area (Å²) >= 11 is 0. The number of nitrogens with zero attached hydrogens (tertiary/aromatic N) is 3. The summed E-state index contributed by atoms with van der Waals surface area (Å²) in [5.41, 5.74) is 7.75. The Balaban J connectivity index is 1.69. The van der Waals surface area contributed by atoms with Crippen LogP contribution in [0.25, 0.3) is 0 Å². The third-order valence-corrected chi connectivity index (χ3v) is 3.19. The molecule has 1 amide bonds. The number of aromatic nitrogens is 2. The Morgan fingerprint density at radius 1 is 1.38 bits per heavy atom. The lowest BCUT2D eigenvalue weighted by molar-refractivity contribution is -0.127. The van der Waals surface area contributed by atoms with Crippen LogP contribution in [-0.4, -0.2) is 27.5 Å². The zero-order valence-electron chi connectivity index (χ0n) is 11.5. The summed E-state index contributed by atoms with van der Waals surface area (Å²) in [6.07, 6.45) is 1.61.